The fraction of sp³-hybridized carbons (Fsp3) is 0.214. The average molecular weight is 277 g/mol. The van der Waals surface area contributed by atoms with Gasteiger partial charge in [-0.2, -0.15) is 0 Å². The summed E-state index contributed by atoms with van der Waals surface area (Å²) in [5.41, 5.74) is -0.580. The number of hydrogen-bond acceptors (Lipinski definition) is 4. The van der Waals surface area contributed by atoms with Crippen LogP contribution in [0.3, 0.4) is 0 Å². The molecule has 0 saturated heterocycles. The Labute approximate surface area is 112 Å². The normalized spacial score (nSPS) is 14.8. The van der Waals surface area contributed by atoms with Crippen molar-refractivity contribution >= 4 is 9.84 Å². The zero-order valence-electron chi connectivity index (χ0n) is 10.5. The molecule has 100 valence electrons. The van der Waals surface area contributed by atoms with Crippen LogP contribution < -0.4 is 0 Å². The second kappa shape index (κ2) is 5.11. The summed E-state index contributed by atoms with van der Waals surface area (Å²) in [6, 6.07) is 12.1. The lowest BCUT2D eigenvalue weighted by molar-refractivity contribution is 0.105. The number of hydrogen-bond donors (Lipinski definition) is 1. The zero-order valence-corrected chi connectivity index (χ0v) is 11.3. The number of aliphatic hydroxyl groups is 1. The van der Waals surface area contributed by atoms with E-state index in [1.807, 2.05) is 6.07 Å². The highest BCUT2D eigenvalue weighted by Crippen LogP contribution is 2.30. The monoisotopic (exact) mass is 277 g/mol. The minimum atomic E-state index is -3.36. The lowest BCUT2D eigenvalue weighted by Gasteiger charge is -2.28. The summed E-state index contributed by atoms with van der Waals surface area (Å²) < 4.78 is 23.2. The van der Waals surface area contributed by atoms with Crippen LogP contribution in [-0.4, -0.2) is 30.5 Å². The second-order valence-corrected chi connectivity index (χ2v) is 6.68. The molecule has 4 nitrogen and oxygen atoms in total. The fourth-order valence-corrected chi connectivity index (χ4v) is 3.13. The number of sulfone groups is 1. The van der Waals surface area contributed by atoms with Crippen molar-refractivity contribution in [3.8, 4) is 0 Å². The van der Waals surface area contributed by atoms with E-state index in [1.165, 1.54) is 6.20 Å². The molecule has 0 aliphatic heterocycles. The Hall–Kier alpha value is -1.72. The Bertz CT molecular complexity index is 599. The smallest absolute Gasteiger partial charge is 0.150 e. The predicted octanol–water partition coefficient (Wildman–Crippen LogP) is 1.36. The third kappa shape index (κ3) is 3.19. The molecule has 19 heavy (non-hydrogen) atoms. The highest BCUT2D eigenvalue weighted by Gasteiger charge is 2.35. The van der Waals surface area contributed by atoms with Gasteiger partial charge in [-0.05, 0) is 11.6 Å². The molecule has 0 aliphatic rings. The van der Waals surface area contributed by atoms with Gasteiger partial charge in [0.25, 0.3) is 0 Å². The molecule has 5 heteroatoms. The van der Waals surface area contributed by atoms with Crippen LogP contribution in [0.15, 0.2) is 54.9 Å². The average Bonchev–Trinajstić information content (AvgIpc) is 2.39. The van der Waals surface area contributed by atoms with Crippen LogP contribution in [0.2, 0.25) is 0 Å². The molecular formula is C14H15NO3S. The summed E-state index contributed by atoms with van der Waals surface area (Å²) in [6.07, 6.45) is 4.17. The summed E-state index contributed by atoms with van der Waals surface area (Å²) in [5.74, 6) is -0.379. The van der Waals surface area contributed by atoms with Crippen LogP contribution >= 0.6 is 0 Å². The number of nitrogens with zero attached hydrogens (tertiary/aromatic N) is 1. The SMILES string of the molecule is CS(=O)(=O)CC(O)(c1ccccc1)c1cccnc1. The molecule has 1 atom stereocenters. The van der Waals surface area contributed by atoms with Crippen molar-refractivity contribution in [2.24, 2.45) is 0 Å². The summed E-state index contributed by atoms with van der Waals surface area (Å²) in [7, 11) is -3.36. The van der Waals surface area contributed by atoms with Crippen LogP contribution in [0.1, 0.15) is 11.1 Å². The molecule has 1 aromatic carbocycles. The van der Waals surface area contributed by atoms with Gasteiger partial charge in [0.2, 0.25) is 0 Å². The van der Waals surface area contributed by atoms with Crippen LogP contribution in [0.4, 0.5) is 0 Å². The first-order chi connectivity index (χ1) is 8.92. The summed E-state index contributed by atoms with van der Waals surface area (Å²) in [4.78, 5) is 3.95. The molecular weight excluding hydrogens is 262 g/mol. The number of benzene rings is 1. The van der Waals surface area contributed by atoms with Gasteiger partial charge in [-0.1, -0.05) is 36.4 Å². The first-order valence-electron chi connectivity index (χ1n) is 5.78. The van der Waals surface area contributed by atoms with Crippen LogP contribution in [0.25, 0.3) is 0 Å². The topological polar surface area (TPSA) is 67.3 Å². The zero-order chi connectivity index (χ0) is 13.9. The maximum absolute atomic E-state index is 11.6. The minimum absolute atomic E-state index is 0.379. The Morgan fingerprint density at radius 3 is 2.26 bits per heavy atom. The van der Waals surface area contributed by atoms with Crippen molar-refractivity contribution in [2.45, 2.75) is 5.60 Å². The van der Waals surface area contributed by atoms with Crippen molar-refractivity contribution < 1.29 is 13.5 Å². The molecule has 0 aliphatic carbocycles. The molecule has 0 spiro atoms. The number of rotatable bonds is 4. The van der Waals surface area contributed by atoms with E-state index in [0.29, 0.717) is 11.1 Å². The van der Waals surface area contributed by atoms with E-state index in [4.69, 9.17) is 0 Å². The van der Waals surface area contributed by atoms with Crippen LogP contribution in [-0.2, 0) is 15.4 Å². The predicted molar refractivity (Wildman–Crippen MR) is 73.4 cm³/mol. The Balaban J connectivity index is 2.57. The Kier molecular flexibility index (Phi) is 3.68. The molecule has 0 radical (unpaired) electrons. The van der Waals surface area contributed by atoms with Crippen LogP contribution in [0, 0.1) is 0 Å². The summed E-state index contributed by atoms with van der Waals surface area (Å²) in [6.45, 7) is 0. The first kappa shape index (κ1) is 13.7. The highest BCUT2D eigenvalue weighted by molar-refractivity contribution is 7.90. The van der Waals surface area contributed by atoms with Crippen molar-refractivity contribution in [2.75, 3.05) is 12.0 Å². The quantitative estimate of drug-likeness (QED) is 0.916. The molecule has 0 amide bonds. The molecule has 1 aromatic heterocycles. The lowest BCUT2D eigenvalue weighted by Crippen LogP contribution is -2.35. The fourth-order valence-electron chi connectivity index (χ4n) is 2.03. The van der Waals surface area contributed by atoms with Gasteiger partial charge >= 0.3 is 0 Å². The maximum atomic E-state index is 11.6. The van der Waals surface area contributed by atoms with Crippen LogP contribution in [0.5, 0.6) is 0 Å². The summed E-state index contributed by atoms with van der Waals surface area (Å²) in [5, 5.41) is 10.9. The Morgan fingerprint density at radius 1 is 1.11 bits per heavy atom. The molecule has 0 fully saturated rings. The third-order valence-corrected chi connectivity index (χ3v) is 3.80. The molecule has 1 heterocycles. The molecule has 2 rings (SSSR count). The van der Waals surface area contributed by atoms with E-state index in [2.05, 4.69) is 4.98 Å². The van der Waals surface area contributed by atoms with E-state index in [1.54, 1.807) is 42.6 Å². The van der Waals surface area contributed by atoms with E-state index >= 15 is 0 Å². The van der Waals surface area contributed by atoms with Crippen molar-refractivity contribution in [1.29, 1.82) is 0 Å². The lowest BCUT2D eigenvalue weighted by atomic mass is 9.89. The van der Waals surface area contributed by atoms with Gasteiger partial charge in [-0.3, -0.25) is 4.98 Å². The van der Waals surface area contributed by atoms with Gasteiger partial charge in [-0.25, -0.2) is 8.42 Å². The van der Waals surface area contributed by atoms with E-state index in [-0.39, 0.29) is 5.75 Å². The van der Waals surface area contributed by atoms with Crippen molar-refractivity contribution in [1.82, 2.24) is 4.98 Å². The summed E-state index contributed by atoms with van der Waals surface area (Å²) >= 11 is 0. The highest BCUT2D eigenvalue weighted by atomic mass is 32.2. The van der Waals surface area contributed by atoms with E-state index in [9.17, 15) is 13.5 Å². The molecule has 2 aromatic rings. The number of aromatic nitrogens is 1. The minimum Gasteiger partial charge on any atom is -0.379 e. The largest absolute Gasteiger partial charge is 0.379 e. The van der Waals surface area contributed by atoms with Crippen molar-refractivity contribution in [3.05, 3.63) is 66.0 Å². The first-order valence-corrected chi connectivity index (χ1v) is 7.84. The van der Waals surface area contributed by atoms with Gasteiger partial charge in [0.15, 0.2) is 9.84 Å². The molecule has 1 N–H and O–H groups in total. The second-order valence-electron chi connectivity index (χ2n) is 4.54. The van der Waals surface area contributed by atoms with Crippen molar-refractivity contribution in [3.63, 3.8) is 0 Å². The van der Waals surface area contributed by atoms with E-state index in [0.717, 1.165) is 6.26 Å². The Morgan fingerprint density at radius 2 is 1.74 bits per heavy atom. The molecule has 0 bridgehead atoms. The third-order valence-electron chi connectivity index (χ3n) is 2.86. The van der Waals surface area contributed by atoms with Gasteiger partial charge in [0.1, 0.15) is 5.60 Å². The van der Waals surface area contributed by atoms with Gasteiger partial charge < -0.3 is 5.11 Å². The molecule has 1 unspecified atom stereocenters. The van der Waals surface area contributed by atoms with E-state index < -0.39 is 15.4 Å². The van der Waals surface area contributed by atoms with Gasteiger partial charge in [0, 0.05) is 24.2 Å². The van der Waals surface area contributed by atoms with Gasteiger partial charge in [-0.15, -0.1) is 0 Å². The standard InChI is InChI=1S/C14H15NO3S/c1-19(17,18)11-14(16,12-6-3-2-4-7-12)13-8-5-9-15-10-13/h2-10,16H,11H2,1H3. The maximum Gasteiger partial charge on any atom is 0.150 e. The van der Waals surface area contributed by atoms with Gasteiger partial charge in [0.05, 0.1) is 5.75 Å². The molecule has 0 saturated carbocycles. The number of pyridine rings is 1.